The summed E-state index contributed by atoms with van der Waals surface area (Å²) in [5.74, 6) is 1.77. The molecule has 1 nitrogen and oxygen atoms in total. The highest BCUT2D eigenvalue weighted by Crippen LogP contribution is 2.25. The van der Waals surface area contributed by atoms with Gasteiger partial charge in [-0.25, -0.2) is 0 Å². The van der Waals surface area contributed by atoms with Crippen molar-refractivity contribution in [1.82, 2.24) is 5.32 Å². The molecule has 0 aliphatic carbocycles. The largest absolute Gasteiger partial charge is 0.310 e. The molecule has 1 rings (SSSR count). The molecule has 0 saturated heterocycles. The van der Waals surface area contributed by atoms with Gasteiger partial charge in [-0.15, -0.1) is 11.8 Å². The molecular formula is C15H25NS. The second-order valence-corrected chi connectivity index (χ2v) is 6.02. The molecule has 1 unspecified atom stereocenters. The van der Waals surface area contributed by atoms with Gasteiger partial charge in [0.05, 0.1) is 0 Å². The van der Waals surface area contributed by atoms with Gasteiger partial charge >= 0.3 is 0 Å². The van der Waals surface area contributed by atoms with Gasteiger partial charge in [0.25, 0.3) is 0 Å². The predicted molar refractivity (Wildman–Crippen MR) is 78.7 cm³/mol. The Hall–Kier alpha value is -0.470. The highest BCUT2D eigenvalue weighted by molar-refractivity contribution is 7.99. The lowest BCUT2D eigenvalue weighted by molar-refractivity contribution is 0.412. The summed E-state index contributed by atoms with van der Waals surface area (Å²) in [5, 5.41) is 3.63. The molecular weight excluding hydrogens is 226 g/mol. The van der Waals surface area contributed by atoms with Crippen molar-refractivity contribution in [2.24, 2.45) is 5.92 Å². The van der Waals surface area contributed by atoms with Crippen LogP contribution in [-0.2, 0) is 0 Å². The van der Waals surface area contributed by atoms with Crippen molar-refractivity contribution in [3.63, 3.8) is 0 Å². The van der Waals surface area contributed by atoms with Crippen molar-refractivity contribution in [3.05, 3.63) is 29.8 Å². The van der Waals surface area contributed by atoms with Gasteiger partial charge in [-0.05, 0) is 42.3 Å². The molecule has 0 amide bonds. The van der Waals surface area contributed by atoms with E-state index in [1.54, 1.807) is 0 Å². The van der Waals surface area contributed by atoms with Crippen molar-refractivity contribution >= 4 is 11.8 Å². The third-order valence-corrected chi connectivity index (χ3v) is 3.73. The smallest absolute Gasteiger partial charge is 0.0343 e. The summed E-state index contributed by atoms with van der Waals surface area (Å²) in [4.78, 5) is 1.37. The maximum Gasteiger partial charge on any atom is 0.0343 e. The highest BCUT2D eigenvalue weighted by Gasteiger charge is 2.14. The summed E-state index contributed by atoms with van der Waals surface area (Å²) >= 11 is 1.90. The molecule has 1 N–H and O–H groups in total. The lowest BCUT2D eigenvalue weighted by Crippen LogP contribution is -2.26. The van der Waals surface area contributed by atoms with Crippen LogP contribution in [0.2, 0.25) is 0 Å². The van der Waals surface area contributed by atoms with Gasteiger partial charge < -0.3 is 5.32 Å². The lowest BCUT2D eigenvalue weighted by Gasteiger charge is -2.23. The molecule has 0 radical (unpaired) electrons. The van der Waals surface area contributed by atoms with Crippen LogP contribution >= 0.6 is 11.8 Å². The van der Waals surface area contributed by atoms with Crippen molar-refractivity contribution < 1.29 is 0 Å². The van der Waals surface area contributed by atoms with E-state index in [4.69, 9.17) is 0 Å². The molecule has 1 aromatic carbocycles. The molecule has 0 aromatic heterocycles. The normalized spacial score (nSPS) is 13.0. The van der Waals surface area contributed by atoms with E-state index in [2.05, 4.69) is 57.3 Å². The topological polar surface area (TPSA) is 12.0 Å². The van der Waals surface area contributed by atoms with Crippen molar-refractivity contribution in [2.45, 2.75) is 45.1 Å². The zero-order valence-corrected chi connectivity index (χ0v) is 12.3. The minimum atomic E-state index is 0.482. The van der Waals surface area contributed by atoms with E-state index in [0.29, 0.717) is 12.0 Å². The van der Waals surface area contributed by atoms with E-state index in [0.717, 1.165) is 12.3 Å². The molecule has 2 heteroatoms. The van der Waals surface area contributed by atoms with Gasteiger partial charge in [-0.3, -0.25) is 0 Å². The van der Waals surface area contributed by atoms with Crippen LogP contribution in [0.5, 0.6) is 0 Å². The van der Waals surface area contributed by atoms with E-state index in [1.807, 2.05) is 11.8 Å². The summed E-state index contributed by atoms with van der Waals surface area (Å²) in [6.07, 6.45) is 1.19. The zero-order valence-electron chi connectivity index (χ0n) is 11.5. The maximum absolute atomic E-state index is 3.63. The molecule has 0 spiro atoms. The first-order chi connectivity index (χ1) is 8.19. The van der Waals surface area contributed by atoms with Crippen molar-refractivity contribution in [2.75, 3.05) is 12.3 Å². The second kappa shape index (κ2) is 7.78. The number of hydrogen-bond donors (Lipinski definition) is 1. The van der Waals surface area contributed by atoms with Gasteiger partial charge in [0.1, 0.15) is 0 Å². The second-order valence-electron chi connectivity index (χ2n) is 4.68. The van der Waals surface area contributed by atoms with Crippen LogP contribution in [0.3, 0.4) is 0 Å². The first kappa shape index (κ1) is 14.6. The van der Waals surface area contributed by atoms with Crippen LogP contribution < -0.4 is 5.32 Å². The minimum absolute atomic E-state index is 0.482. The molecule has 17 heavy (non-hydrogen) atoms. The minimum Gasteiger partial charge on any atom is -0.310 e. The van der Waals surface area contributed by atoms with Crippen LogP contribution in [0.15, 0.2) is 29.2 Å². The fourth-order valence-corrected chi connectivity index (χ4v) is 2.64. The van der Waals surface area contributed by atoms with E-state index in [9.17, 15) is 0 Å². The summed E-state index contributed by atoms with van der Waals surface area (Å²) < 4.78 is 0. The number of benzene rings is 1. The van der Waals surface area contributed by atoms with Gasteiger partial charge in [-0.2, -0.15) is 0 Å². The van der Waals surface area contributed by atoms with E-state index in [-0.39, 0.29) is 0 Å². The van der Waals surface area contributed by atoms with E-state index >= 15 is 0 Å². The SMILES string of the molecule is CCCNC(c1ccc(SCC)cc1)C(C)C. The first-order valence-corrected chi connectivity index (χ1v) is 7.63. The third kappa shape index (κ3) is 4.72. The van der Waals surface area contributed by atoms with Gasteiger partial charge in [0.2, 0.25) is 0 Å². The van der Waals surface area contributed by atoms with Gasteiger partial charge in [0.15, 0.2) is 0 Å². The van der Waals surface area contributed by atoms with E-state index in [1.165, 1.54) is 16.9 Å². The number of hydrogen-bond acceptors (Lipinski definition) is 2. The number of rotatable bonds is 7. The Balaban J connectivity index is 2.72. The number of thioether (sulfide) groups is 1. The van der Waals surface area contributed by atoms with Crippen LogP contribution in [0.1, 0.15) is 45.7 Å². The Morgan fingerprint density at radius 1 is 1.12 bits per heavy atom. The van der Waals surface area contributed by atoms with Crippen molar-refractivity contribution in [3.8, 4) is 0 Å². The fraction of sp³-hybridized carbons (Fsp3) is 0.600. The Bertz CT molecular complexity index is 305. The molecule has 1 aromatic rings. The lowest BCUT2D eigenvalue weighted by atomic mass is 9.96. The third-order valence-electron chi connectivity index (χ3n) is 2.83. The van der Waals surface area contributed by atoms with Gasteiger partial charge in [0, 0.05) is 10.9 Å². The number of nitrogens with one attached hydrogen (secondary N) is 1. The van der Waals surface area contributed by atoms with Crippen molar-refractivity contribution in [1.29, 1.82) is 0 Å². The zero-order chi connectivity index (χ0) is 12.7. The monoisotopic (exact) mass is 251 g/mol. The summed E-state index contributed by atoms with van der Waals surface area (Å²) in [6, 6.07) is 9.51. The fourth-order valence-electron chi connectivity index (χ4n) is 1.98. The maximum atomic E-state index is 3.63. The molecule has 0 aliphatic heterocycles. The molecule has 0 heterocycles. The summed E-state index contributed by atoms with van der Waals surface area (Å²) in [5.41, 5.74) is 1.41. The Morgan fingerprint density at radius 2 is 1.76 bits per heavy atom. The van der Waals surface area contributed by atoms with Crippen LogP contribution in [0, 0.1) is 5.92 Å². The molecule has 0 fully saturated rings. The Labute approximate surface area is 110 Å². The molecule has 1 atom stereocenters. The first-order valence-electron chi connectivity index (χ1n) is 6.65. The Kier molecular flexibility index (Phi) is 6.68. The summed E-state index contributed by atoms with van der Waals surface area (Å²) in [6.45, 7) is 10.1. The highest BCUT2D eigenvalue weighted by atomic mass is 32.2. The average molecular weight is 251 g/mol. The van der Waals surface area contributed by atoms with Crippen LogP contribution in [0.25, 0.3) is 0 Å². The molecule has 0 aliphatic rings. The van der Waals surface area contributed by atoms with Crippen LogP contribution in [0.4, 0.5) is 0 Å². The standard InChI is InChI=1S/C15H25NS/c1-5-11-16-15(12(3)4)13-7-9-14(10-8-13)17-6-2/h7-10,12,15-16H,5-6,11H2,1-4H3. The summed E-state index contributed by atoms with van der Waals surface area (Å²) in [7, 11) is 0. The molecule has 0 bridgehead atoms. The average Bonchev–Trinajstić information content (AvgIpc) is 2.31. The van der Waals surface area contributed by atoms with Gasteiger partial charge in [-0.1, -0.05) is 39.8 Å². The molecule has 0 saturated carbocycles. The quantitative estimate of drug-likeness (QED) is 0.716. The van der Waals surface area contributed by atoms with E-state index < -0.39 is 0 Å². The van der Waals surface area contributed by atoms with Crippen LogP contribution in [-0.4, -0.2) is 12.3 Å². The molecule has 96 valence electrons. The predicted octanol–water partition coefficient (Wildman–Crippen LogP) is 4.50. The Morgan fingerprint density at radius 3 is 2.24 bits per heavy atom.